The first-order valence-corrected chi connectivity index (χ1v) is 9.20. The first-order chi connectivity index (χ1) is 14.2. The quantitative estimate of drug-likeness (QED) is 0.560. The number of aryl methyl sites for hydroxylation is 1. The van der Waals surface area contributed by atoms with Crippen molar-refractivity contribution in [3.05, 3.63) is 78.1 Å². The number of fused-ring (bicyclic) bond motifs is 2. The van der Waals surface area contributed by atoms with Crippen LogP contribution in [0.3, 0.4) is 0 Å². The van der Waals surface area contributed by atoms with Gasteiger partial charge < -0.3 is 14.8 Å². The maximum atomic E-state index is 13.1. The second-order valence-electron chi connectivity index (χ2n) is 6.84. The average Bonchev–Trinajstić information content (AvgIpc) is 3.21. The maximum Gasteiger partial charge on any atom is 0.256 e. The van der Waals surface area contributed by atoms with Crippen LogP contribution >= 0.6 is 0 Å². The van der Waals surface area contributed by atoms with Gasteiger partial charge in [-0.2, -0.15) is 0 Å². The molecule has 2 aromatic carbocycles. The number of pyridine rings is 2. The Hall–Kier alpha value is -3.93. The Morgan fingerprint density at radius 3 is 2.79 bits per heavy atom. The third kappa shape index (κ3) is 3.25. The van der Waals surface area contributed by atoms with Crippen molar-refractivity contribution < 1.29 is 14.3 Å². The van der Waals surface area contributed by atoms with E-state index in [4.69, 9.17) is 14.5 Å². The average molecular weight is 383 g/mol. The molecule has 6 nitrogen and oxygen atoms in total. The van der Waals surface area contributed by atoms with Gasteiger partial charge in [0, 0.05) is 17.1 Å². The van der Waals surface area contributed by atoms with Gasteiger partial charge in [-0.05, 0) is 55.5 Å². The Morgan fingerprint density at radius 1 is 1.03 bits per heavy atom. The van der Waals surface area contributed by atoms with E-state index in [1.807, 2.05) is 49.4 Å². The molecule has 0 aliphatic carbocycles. The maximum absolute atomic E-state index is 13.1. The fraction of sp³-hybridized carbons (Fsp3) is 0.0870. The van der Waals surface area contributed by atoms with Crippen LogP contribution in [0.4, 0.5) is 5.69 Å². The molecule has 0 saturated heterocycles. The summed E-state index contributed by atoms with van der Waals surface area (Å²) in [5.74, 6) is 1.17. The Balaban J connectivity index is 1.63. The summed E-state index contributed by atoms with van der Waals surface area (Å²) >= 11 is 0. The highest BCUT2D eigenvalue weighted by atomic mass is 16.7. The number of hydrogen-bond donors (Lipinski definition) is 1. The summed E-state index contributed by atoms with van der Waals surface area (Å²) in [6.07, 6.45) is 3.28. The third-order valence-electron chi connectivity index (χ3n) is 4.80. The largest absolute Gasteiger partial charge is 0.454 e. The lowest BCUT2D eigenvalue weighted by atomic mass is 10.0. The molecule has 0 saturated carbocycles. The summed E-state index contributed by atoms with van der Waals surface area (Å²) in [6, 6.07) is 16.9. The van der Waals surface area contributed by atoms with Gasteiger partial charge >= 0.3 is 0 Å². The number of anilines is 1. The van der Waals surface area contributed by atoms with Crippen molar-refractivity contribution in [1.82, 2.24) is 9.97 Å². The van der Waals surface area contributed by atoms with Crippen molar-refractivity contribution in [2.45, 2.75) is 6.92 Å². The normalized spacial score (nSPS) is 12.2. The number of carbonyl (C=O) groups is 1. The summed E-state index contributed by atoms with van der Waals surface area (Å²) in [5.41, 5.74) is 4.55. The van der Waals surface area contributed by atoms with E-state index in [9.17, 15) is 4.79 Å². The van der Waals surface area contributed by atoms with Crippen LogP contribution < -0.4 is 14.8 Å². The molecule has 0 unspecified atom stereocenters. The van der Waals surface area contributed by atoms with Gasteiger partial charge in [0.1, 0.15) is 0 Å². The second-order valence-corrected chi connectivity index (χ2v) is 6.84. The van der Waals surface area contributed by atoms with Gasteiger partial charge in [-0.3, -0.25) is 9.78 Å². The van der Waals surface area contributed by atoms with Crippen LogP contribution in [0.5, 0.6) is 11.5 Å². The summed E-state index contributed by atoms with van der Waals surface area (Å²) in [4.78, 5) is 21.9. The molecule has 29 heavy (non-hydrogen) atoms. The van der Waals surface area contributed by atoms with Gasteiger partial charge in [0.15, 0.2) is 11.5 Å². The standard InChI is InChI=1S/C23H17N3O3/c1-14-4-6-19-17(9-14)18(23(27)25-16-3-2-8-24-12-16)11-20(26-19)15-5-7-21-22(10-15)29-13-28-21/h2-12H,13H2,1H3,(H,25,27). The highest BCUT2D eigenvalue weighted by molar-refractivity contribution is 6.13. The monoisotopic (exact) mass is 383 g/mol. The predicted octanol–water partition coefficient (Wildman–Crippen LogP) is 4.59. The lowest BCUT2D eigenvalue weighted by molar-refractivity contribution is 0.102. The Bertz CT molecular complexity index is 1240. The molecular formula is C23H17N3O3. The molecule has 0 bridgehead atoms. The summed E-state index contributed by atoms with van der Waals surface area (Å²) < 4.78 is 10.9. The molecule has 1 N–H and O–H groups in total. The number of hydrogen-bond acceptors (Lipinski definition) is 5. The zero-order valence-electron chi connectivity index (χ0n) is 15.7. The van der Waals surface area contributed by atoms with E-state index in [1.165, 1.54) is 0 Å². The number of carbonyl (C=O) groups excluding carboxylic acids is 1. The second kappa shape index (κ2) is 6.91. The van der Waals surface area contributed by atoms with Gasteiger partial charge in [-0.15, -0.1) is 0 Å². The van der Waals surface area contributed by atoms with Crippen molar-refractivity contribution in [3.8, 4) is 22.8 Å². The SMILES string of the molecule is Cc1ccc2nc(-c3ccc4c(c3)OCO4)cc(C(=O)Nc3cccnc3)c2c1. The first-order valence-electron chi connectivity index (χ1n) is 9.20. The molecule has 1 aliphatic rings. The van der Waals surface area contributed by atoms with Crippen LogP contribution in [0.15, 0.2) is 67.0 Å². The predicted molar refractivity (Wildman–Crippen MR) is 110 cm³/mol. The van der Waals surface area contributed by atoms with E-state index in [-0.39, 0.29) is 12.7 Å². The highest BCUT2D eigenvalue weighted by Gasteiger charge is 2.18. The Labute approximate surface area is 167 Å². The molecule has 5 rings (SSSR count). The van der Waals surface area contributed by atoms with E-state index in [2.05, 4.69) is 10.3 Å². The Kier molecular flexibility index (Phi) is 4.09. The van der Waals surface area contributed by atoms with Crippen molar-refractivity contribution in [3.63, 3.8) is 0 Å². The number of rotatable bonds is 3. The number of nitrogens with one attached hydrogen (secondary N) is 1. The zero-order chi connectivity index (χ0) is 19.8. The molecule has 4 aromatic rings. The van der Waals surface area contributed by atoms with E-state index in [0.29, 0.717) is 28.4 Å². The molecule has 0 spiro atoms. The molecule has 3 heterocycles. The van der Waals surface area contributed by atoms with E-state index < -0.39 is 0 Å². The topological polar surface area (TPSA) is 73.3 Å². The molecule has 0 atom stereocenters. The molecule has 142 valence electrons. The number of amides is 1. The van der Waals surface area contributed by atoms with Crippen molar-refractivity contribution in [1.29, 1.82) is 0 Å². The van der Waals surface area contributed by atoms with Gasteiger partial charge in [0.25, 0.3) is 5.91 Å². The Morgan fingerprint density at radius 2 is 1.93 bits per heavy atom. The summed E-state index contributed by atoms with van der Waals surface area (Å²) in [6.45, 7) is 2.20. The molecular weight excluding hydrogens is 366 g/mol. The fourth-order valence-corrected chi connectivity index (χ4v) is 3.37. The fourth-order valence-electron chi connectivity index (χ4n) is 3.37. The lowest BCUT2D eigenvalue weighted by Gasteiger charge is -2.11. The van der Waals surface area contributed by atoms with Crippen molar-refractivity contribution in [2.24, 2.45) is 0 Å². The molecule has 1 amide bonds. The number of ether oxygens (including phenoxy) is 2. The zero-order valence-corrected chi connectivity index (χ0v) is 15.7. The number of benzene rings is 2. The molecule has 0 radical (unpaired) electrons. The van der Waals surface area contributed by atoms with E-state index in [1.54, 1.807) is 24.5 Å². The van der Waals surface area contributed by atoms with Crippen LogP contribution in [-0.2, 0) is 0 Å². The summed E-state index contributed by atoms with van der Waals surface area (Å²) in [5, 5.41) is 3.72. The van der Waals surface area contributed by atoms with Crippen molar-refractivity contribution in [2.75, 3.05) is 12.1 Å². The highest BCUT2D eigenvalue weighted by Crippen LogP contribution is 2.36. The molecule has 6 heteroatoms. The van der Waals surface area contributed by atoms with E-state index in [0.717, 1.165) is 22.0 Å². The van der Waals surface area contributed by atoms with Crippen LogP contribution in [0.1, 0.15) is 15.9 Å². The van der Waals surface area contributed by atoms with Gasteiger partial charge in [-0.1, -0.05) is 11.6 Å². The first kappa shape index (κ1) is 17.2. The van der Waals surface area contributed by atoms with Gasteiger partial charge in [0.2, 0.25) is 6.79 Å². The van der Waals surface area contributed by atoms with E-state index >= 15 is 0 Å². The minimum atomic E-state index is -0.210. The number of nitrogens with zero attached hydrogens (tertiary/aromatic N) is 2. The molecule has 1 aliphatic heterocycles. The van der Waals surface area contributed by atoms with Crippen LogP contribution in [0.25, 0.3) is 22.2 Å². The lowest BCUT2D eigenvalue weighted by Crippen LogP contribution is -2.13. The minimum absolute atomic E-state index is 0.210. The van der Waals surface area contributed by atoms with Crippen molar-refractivity contribution >= 4 is 22.5 Å². The smallest absolute Gasteiger partial charge is 0.256 e. The molecule has 0 fully saturated rings. The number of aromatic nitrogens is 2. The van der Waals surface area contributed by atoms with Crippen LogP contribution in [0.2, 0.25) is 0 Å². The molecule has 2 aromatic heterocycles. The van der Waals surface area contributed by atoms with Crippen LogP contribution in [-0.4, -0.2) is 22.7 Å². The van der Waals surface area contributed by atoms with Gasteiger partial charge in [0.05, 0.1) is 28.7 Å². The van der Waals surface area contributed by atoms with Gasteiger partial charge in [-0.25, -0.2) is 4.98 Å². The minimum Gasteiger partial charge on any atom is -0.454 e. The van der Waals surface area contributed by atoms with Crippen LogP contribution in [0, 0.1) is 6.92 Å². The third-order valence-corrected chi connectivity index (χ3v) is 4.80. The summed E-state index contributed by atoms with van der Waals surface area (Å²) in [7, 11) is 0.